The fourth-order valence-electron chi connectivity index (χ4n) is 1.96. The van der Waals surface area contributed by atoms with Crippen LogP contribution in [0.2, 0.25) is 0 Å². The largest absolute Gasteiger partial charge is 0.390 e. The fraction of sp³-hybridized carbons (Fsp3) is 1.00. The summed E-state index contributed by atoms with van der Waals surface area (Å²) in [7, 11) is -3.06. The van der Waals surface area contributed by atoms with E-state index in [4.69, 9.17) is 0 Å². The highest BCUT2D eigenvalue weighted by Crippen LogP contribution is 2.22. The molecule has 0 spiro atoms. The summed E-state index contributed by atoms with van der Waals surface area (Å²) in [5, 5.41) is 2.73. The van der Waals surface area contributed by atoms with Crippen LogP contribution in [0.25, 0.3) is 0 Å². The Morgan fingerprint density at radius 1 is 1.44 bits per heavy atom. The molecule has 2 unspecified atom stereocenters. The van der Waals surface area contributed by atoms with E-state index in [0.717, 1.165) is 0 Å². The van der Waals surface area contributed by atoms with E-state index >= 15 is 0 Å². The fourth-order valence-corrected chi connectivity index (χ4v) is 3.61. The Bertz CT molecular complexity index is 326. The molecular formula is C9H16F3NO2S. The van der Waals surface area contributed by atoms with Gasteiger partial charge in [-0.1, -0.05) is 0 Å². The van der Waals surface area contributed by atoms with Crippen molar-refractivity contribution in [1.29, 1.82) is 0 Å². The van der Waals surface area contributed by atoms with Crippen LogP contribution in [0.4, 0.5) is 13.2 Å². The molecule has 1 fully saturated rings. The summed E-state index contributed by atoms with van der Waals surface area (Å²) in [6.07, 6.45) is -3.98. The Kier molecular flexibility index (Phi) is 4.23. The summed E-state index contributed by atoms with van der Waals surface area (Å²) in [6.45, 7) is 1.43. The van der Waals surface area contributed by atoms with Gasteiger partial charge < -0.3 is 5.32 Å². The first-order valence-corrected chi connectivity index (χ1v) is 7.03. The lowest BCUT2D eigenvalue weighted by Crippen LogP contribution is -2.45. The third kappa shape index (κ3) is 5.16. The van der Waals surface area contributed by atoms with Crippen LogP contribution in [-0.4, -0.2) is 38.2 Å². The quantitative estimate of drug-likeness (QED) is 0.835. The maximum absolute atomic E-state index is 12.1. The molecule has 0 amide bonds. The smallest absolute Gasteiger partial charge is 0.310 e. The van der Waals surface area contributed by atoms with Crippen molar-refractivity contribution in [2.45, 2.75) is 44.4 Å². The summed E-state index contributed by atoms with van der Waals surface area (Å²) in [5.41, 5.74) is 0. The van der Waals surface area contributed by atoms with Crippen molar-refractivity contribution in [1.82, 2.24) is 5.32 Å². The summed E-state index contributed by atoms with van der Waals surface area (Å²) in [4.78, 5) is 0. The van der Waals surface area contributed by atoms with Crippen molar-refractivity contribution in [3.8, 4) is 0 Å². The van der Waals surface area contributed by atoms with Crippen LogP contribution in [0.5, 0.6) is 0 Å². The van der Waals surface area contributed by atoms with E-state index < -0.39 is 28.5 Å². The second-order valence-corrected chi connectivity index (χ2v) is 6.57. The van der Waals surface area contributed by atoms with Crippen molar-refractivity contribution >= 4 is 9.84 Å². The predicted octanol–water partition coefficient (Wildman–Crippen LogP) is 1.49. The molecule has 1 aliphatic heterocycles. The van der Waals surface area contributed by atoms with Gasteiger partial charge in [-0.15, -0.1) is 0 Å². The molecule has 1 aliphatic rings. The molecule has 0 saturated carbocycles. The highest BCUT2D eigenvalue weighted by atomic mass is 32.2. The Labute approximate surface area is 93.3 Å². The van der Waals surface area contributed by atoms with Gasteiger partial charge in [0.15, 0.2) is 9.84 Å². The molecule has 0 aromatic rings. The van der Waals surface area contributed by atoms with E-state index in [2.05, 4.69) is 5.32 Å². The Balaban J connectivity index is 2.42. The van der Waals surface area contributed by atoms with Crippen LogP contribution in [0, 0.1) is 0 Å². The lowest BCUT2D eigenvalue weighted by atomic mass is 10.1. The van der Waals surface area contributed by atoms with E-state index in [1.165, 1.54) is 6.92 Å². The zero-order valence-electron chi connectivity index (χ0n) is 9.05. The topological polar surface area (TPSA) is 46.2 Å². The number of halogens is 3. The standard InChI is InChI=1S/C9H16F3NO2S/c1-7(5-9(10,11)12)13-8-3-2-4-16(14,15)6-8/h7-8,13H,2-6H2,1H3. The third-order valence-corrected chi connectivity index (χ3v) is 4.34. The molecule has 0 aliphatic carbocycles. The molecule has 1 rings (SSSR count). The number of rotatable bonds is 3. The van der Waals surface area contributed by atoms with E-state index in [1.54, 1.807) is 0 Å². The van der Waals surface area contributed by atoms with E-state index in [-0.39, 0.29) is 17.5 Å². The van der Waals surface area contributed by atoms with Crippen LogP contribution >= 0.6 is 0 Å². The molecule has 1 N–H and O–H groups in total. The molecule has 7 heteroatoms. The normalized spacial score (nSPS) is 27.6. The molecule has 0 aromatic heterocycles. The van der Waals surface area contributed by atoms with Crippen molar-refractivity contribution in [3.05, 3.63) is 0 Å². The van der Waals surface area contributed by atoms with Gasteiger partial charge in [0, 0.05) is 12.1 Å². The molecule has 1 saturated heterocycles. The van der Waals surface area contributed by atoms with Gasteiger partial charge >= 0.3 is 6.18 Å². The first kappa shape index (κ1) is 13.8. The molecule has 96 valence electrons. The summed E-state index contributed by atoms with van der Waals surface area (Å²) < 4.78 is 58.7. The van der Waals surface area contributed by atoms with Gasteiger partial charge in [0.05, 0.1) is 17.9 Å². The first-order valence-electron chi connectivity index (χ1n) is 5.21. The second-order valence-electron chi connectivity index (χ2n) is 4.34. The number of hydrogen-bond acceptors (Lipinski definition) is 3. The van der Waals surface area contributed by atoms with Gasteiger partial charge in [0.25, 0.3) is 0 Å². The monoisotopic (exact) mass is 259 g/mol. The maximum Gasteiger partial charge on any atom is 0.390 e. The van der Waals surface area contributed by atoms with Crippen molar-refractivity contribution in [2.75, 3.05) is 11.5 Å². The highest BCUT2D eigenvalue weighted by Gasteiger charge is 2.32. The van der Waals surface area contributed by atoms with Gasteiger partial charge in [-0.3, -0.25) is 0 Å². The second kappa shape index (κ2) is 4.91. The number of sulfone groups is 1. The number of hydrogen-bond donors (Lipinski definition) is 1. The van der Waals surface area contributed by atoms with Gasteiger partial charge in [0.2, 0.25) is 0 Å². The minimum absolute atomic E-state index is 0.0464. The van der Waals surface area contributed by atoms with Crippen molar-refractivity contribution in [2.24, 2.45) is 0 Å². The lowest BCUT2D eigenvalue weighted by Gasteiger charge is -2.27. The number of nitrogens with one attached hydrogen (secondary N) is 1. The van der Waals surface area contributed by atoms with Gasteiger partial charge in [-0.05, 0) is 19.8 Å². The molecule has 3 nitrogen and oxygen atoms in total. The van der Waals surface area contributed by atoms with Crippen molar-refractivity contribution in [3.63, 3.8) is 0 Å². The van der Waals surface area contributed by atoms with Crippen LogP contribution in [0.1, 0.15) is 26.2 Å². The minimum atomic E-state index is -4.21. The average molecular weight is 259 g/mol. The number of alkyl halides is 3. The third-order valence-electron chi connectivity index (χ3n) is 2.52. The van der Waals surface area contributed by atoms with Crippen LogP contribution in [0.3, 0.4) is 0 Å². The Morgan fingerprint density at radius 3 is 2.56 bits per heavy atom. The van der Waals surface area contributed by atoms with Crippen LogP contribution in [0.15, 0.2) is 0 Å². The zero-order chi connectivity index (χ0) is 12.4. The predicted molar refractivity (Wildman–Crippen MR) is 54.9 cm³/mol. The Morgan fingerprint density at radius 2 is 2.06 bits per heavy atom. The van der Waals surface area contributed by atoms with Crippen LogP contribution < -0.4 is 5.32 Å². The average Bonchev–Trinajstić information content (AvgIpc) is 1.96. The lowest BCUT2D eigenvalue weighted by molar-refractivity contribution is -0.139. The molecule has 2 atom stereocenters. The zero-order valence-corrected chi connectivity index (χ0v) is 9.87. The summed E-state index contributed by atoms with van der Waals surface area (Å²) in [6, 6.07) is -1.07. The molecule has 0 aromatic carbocycles. The minimum Gasteiger partial charge on any atom is -0.310 e. The molecule has 0 bridgehead atoms. The molecule has 16 heavy (non-hydrogen) atoms. The van der Waals surface area contributed by atoms with Gasteiger partial charge in [-0.2, -0.15) is 13.2 Å². The van der Waals surface area contributed by atoms with E-state index in [1.807, 2.05) is 0 Å². The SMILES string of the molecule is CC(CC(F)(F)F)NC1CCCS(=O)(=O)C1. The summed E-state index contributed by atoms with van der Waals surface area (Å²) >= 11 is 0. The molecular weight excluding hydrogens is 243 g/mol. The molecule has 1 heterocycles. The Hall–Kier alpha value is -0.300. The first-order chi connectivity index (χ1) is 7.18. The van der Waals surface area contributed by atoms with Crippen molar-refractivity contribution < 1.29 is 21.6 Å². The van der Waals surface area contributed by atoms with E-state index in [0.29, 0.717) is 12.8 Å². The van der Waals surface area contributed by atoms with Gasteiger partial charge in [0.1, 0.15) is 0 Å². The molecule has 0 radical (unpaired) electrons. The highest BCUT2D eigenvalue weighted by molar-refractivity contribution is 7.91. The van der Waals surface area contributed by atoms with Crippen LogP contribution in [-0.2, 0) is 9.84 Å². The van der Waals surface area contributed by atoms with Gasteiger partial charge in [-0.25, -0.2) is 8.42 Å². The summed E-state index contributed by atoms with van der Waals surface area (Å²) in [5.74, 6) is 0.105. The van der Waals surface area contributed by atoms with E-state index in [9.17, 15) is 21.6 Å². The maximum atomic E-state index is 12.1.